The lowest BCUT2D eigenvalue weighted by atomic mass is 9.77. The molecule has 3 heteroatoms. The number of benzene rings is 2. The molecule has 0 aromatic heterocycles. The molecule has 1 unspecified atom stereocenters. The number of methoxy groups -OCH3 is 2. The first-order valence-corrected chi connectivity index (χ1v) is 7.31. The Hall–Kier alpha value is -2.00. The summed E-state index contributed by atoms with van der Waals surface area (Å²) >= 11 is 0. The van der Waals surface area contributed by atoms with E-state index in [2.05, 4.69) is 29.6 Å². The minimum absolute atomic E-state index is 0.637. The lowest BCUT2D eigenvalue weighted by Crippen LogP contribution is -2.28. The van der Waals surface area contributed by atoms with Gasteiger partial charge in [-0.2, -0.15) is 0 Å². The zero-order valence-electron chi connectivity index (χ0n) is 12.6. The fourth-order valence-corrected chi connectivity index (χ4v) is 2.95. The Bertz CT molecular complexity index is 624. The molecule has 0 fully saturated rings. The van der Waals surface area contributed by atoms with Crippen LogP contribution in [0.15, 0.2) is 42.5 Å². The van der Waals surface area contributed by atoms with Gasteiger partial charge in [0.2, 0.25) is 0 Å². The zero-order valence-corrected chi connectivity index (χ0v) is 12.6. The highest BCUT2D eigenvalue weighted by molar-refractivity contribution is 5.41. The predicted octanol–water partition coefficient (Wildman–Crippen LogP) is 3.13. The van der Waals surface area contributed by atoms with Crippen LogP contribution in [-0.2, 0) is 13.0 Å². The normalized spacial score (nSPS) is 16.0. The van der Waals surface area contributed by atoms with Gasteiger partial charge in [0.15, 0.2) is 0 Å². The lowest BCUT2D eigenvalue weighted by molar-refractivity contribution is 0.396. The van der Waals surface area contributed by atoms with Crippen molar-refractivity contribution in [3.63, 3.8) is 0 Å². The van der Waals surface area contributed by atoms with Crippen molar-refractivity contribution < 1.29 is 9.47 Å². The van der Waals surface area contributed by atoms with Crippen LogP contribution < -0.4 is 14.8 Å². The van der Waals surface area contributed by atoms with E-state index in [0.29, 0.717) is 5.92 Å². The Kier molecular flexibility index (Phi) is 4.11. The average Bonchev–Trinajstić information content (AvgIpc) is 2.51. The molecule has 1 N–H and O–H groups in total. The van der Waals surface area contributed by atoms with Crippen molar-refractivity contribution in [2.24, 2.45) is 0 Å². The van der Waals surface area contributed by atoms with Gasteiger partial charge in [-0.3, -0.25) is 0 Å². The molecule has 21 heavy (non-hydrogen) atoms. The van der Waals surface area contributed by atoms with Crippen LogP contribution in [-0.4, -0.2) is 20.8 Å². The van der Waals surface area contributed by atoms with Crippen molar-refractivity contribution in [2.45, 2.75) is 18.9 Å². The minimum atomic E-state index is 0.637. The third-order valence-corrected chi connectivity index (χ3v) is 4.15. The molecule has 3 rings (SSSR count). The fourth-order valence-electron chi connectivity index (χ4n) is 2.95. The fraction of sp³-hybridized carbons (Fsp3) is 0.333. The van der Waals surface area contributed by atoms with Gasteiger partial charge in [0.25, 0.3) is 0 Å². The smallest absolute Gasteiger partial charge is 0.123 e. The summed E-state index contributed by atoms with van der Waals surface area (Å²) in [6.07, 6.45) is 1.18. The topological polar surface area (TPSA) is 30.5 Å². The summed E-state index contributed by atoms with van der Waals surface area (Å²) < 4.78 is 10.7. The third-order valence-electron chi connectivity index (χ3n) is 4.15. The maximum Gasteiger partial charge on any atom is 0.123 e. The molecular weight excluding hydrogens is 262 g/mol. The van der Waals surface area contributed by atoms with Gasteiger partial charge in [-0.05, 0) is 35.7 Å². The molecule has 1 aliphatic carbocycles. The van der Waals surface area contributed by atoms with Crippen LogP contribution in [0.1, 0.15) is 22.6 Å². The molecule has 1 aliphatic rings. The molecule has 0 saturated heterocycles. The maximum absolute atomic E-state index is 5.40. The number of hydrogen-bond acceptors (Lipinski definition) is 3. The second-order valence-corrected chi connectivity index (χ2v) is 5.41. The summed E-state index contributed by atoms with van der Waals surface area (Å²) in [5.41, 5.74) is 4.11. The van der Waals surface area contributed by atoms with E-state index in [-0.39, 0.29) is 0 Å². The van der Waals surface area contributed by atoms with E-state index in [4.69, 9.17) is 9.47 Å². The first-order valence-electron chi connectivity index (χ1n) is 7.31. The van der Waals surface area contributed by atoms with Crippen LogP contribution in [0, 0.1) is 0 Å². The highest BCUT2D eigenvalue weighted by atomic mass is 16.5. The third kappa shape index (κ3) is 2.88. The Morgan fingerprint density at radius 3 is 2.71 bits per heavy atom. The second-order valence-electron chi connectivity index (χ2n) is 5.41. The zero-order chi connectivity index (χ0) is 14.7. The number of fused-ring (bicyclic) bond motifs is 1. The number of rotatable bonds is 6. The van der Waals surface area contributed by atoms with Crippen molar-refractivity contribution in [3.8, 4) is 11.5 Å². The lowest BCUT2D eigenvalue weighted by Gasteiger charge is -2.30. The van der Waals surface area contributed by atoms with Crippen LogP contribution in [0.5, 0.6) is 11.5 Å². The Labute approximate surface area is 125 Å². The van der Waals surface area contributed by atoms with E-state index in [1.165, 1.54) is 17.5 Å². The first kappa shape index (κ1) is 14.0. The molecule has 0 aliphatic heterocycles. The van der Waals surface area contributed by atoms with Crippen molar-refractivity contribution in [1.29, 1.82) is 0 Å². The molecular formula is C18H21NO2. The first-order chi connectivity index (χ1) is 10.3. The monoisotopic (exact) mass is 283 g/mol. The van der Waals surface area contributed by atoms with E-state index in [0.717, 1.165) is 30.2 Å². The molecule has 3 nitrogen and oxygen atoms in total. The number of ether oxygens (including phenoxy) is 2. The van der Waals surface area contributed by atoms with Gasteiger partial charge in [-0.15, -0.1) is 0 Å². The molecule has 110 valence electrons. The summed E-state index contributed by atoms with van der Waals surface area (Å²) in [6, 6.07) is 14.6. The van der Waals surface area contributed by atoms with Gasteiger partial charge in [-0.1, -0.05) is 24.3 Å². The quantitative estimate of drug-likeness (QED) is 0.883. The van der Waals surface area contributed by atoms with Crippen molar-refractivity contribution >= 4 is 0 Å². The molecule has 0 radical (unpaired) electrons. The highest BCUT2D eigenvalue weighted by Gasteiger charge is 2.24. The SMILES string of the molecule is COc1ccc(OC)c(CNCC2Cc3ccccc32)c1. The Morgan fingerprint density at radius 2 is 1.95 bits per heavy atom. The van der Waals surface area contributed by atoms with Crippen molar-refractivity contribution in [3.05, 3.63) is 59.2 Å². The van der Waals surface area contributed by atoms with Gasteiger partial charge < -0.3 is 14.8 Å². The molecule has 0 heterocycles. The van der Waals surface area contributed by atoms with Gasteiger partial charge in [0.05, 0.1) is 14.2 Å². The molecule has 0 bridgehead atoms. The number of nitrogens with one attached hydrogen (secondary N) is 1. The van der Waals surface area contributed by atoms with E-state index < -0.39 is 0 Å². The molecule has 0 spiro atoms. The average molecular weight is 283 g/mol. The van der Waals surface area contributed by atoms with Crippen LogP contribution in [0.25, 0.3) is 0 Å². The van der Waals surface area contributed by atoms with Gasteiger partial charge in [-0.25, -0.2) is 0 Å². The standard InChI is InChI=1S/C18H21NO2/c1-20-16-7-8-18(21-2)15(10-16)12-19-11-14-9-13-5-3-4-6-17(13)14/h3-8,10,14,19H,9,11-12H2,1-2H3. The summed E-state index contributed by atoms with van der Waals surface area (Å²) in [5, 5.41) is 3.53. The molecule has 0 saturated carbocycles. The molecule has 2 aromatic rings. The summed E-state index contributed by atoms with van der Waals surface area (Å²) in [7, 11) is 3.39. The highest BCUT2D eigenvalue weighted by Crippen LogP contribution is 2.34. The maximum atomic E-state index is 5.40. The largest absolute Gasteiger partial charge is 0.497 e. The van der Waals surface area contributed by atoms with Gasteiger partial charge >= 0.3 is 0 Å². The molecule has 2 aromatic carbocycles. The summed E-state index contributed by atoms with van der Waals surface area (Å²) in [5.74, 6) is 2.40. The summed E-state index contributed by atoms with van der Waals surface area (Å²) in [6.45, 7) is 1.79. The number of hydrogen-bond donors (Lipinski definition) is 1. The van der Waals surface area contributed by atoms with E-state index >= 15 is 0 Å². The molecule has 0 amide bonds. The van der Waals surface area contributed by atoms with Crippen molar-refractivity contribution in [2.75, 3.05) is 20.8 Å². The van der Waals surface area contributed by atoms with E-state index in [1.54, 1.807) is 14.2 Å². The van der Waals surface area contributed by atoms with Gasteiger partial charge in [0, 0.05) is 24.6 Å². The Balaban J connectivity index is 1.59. The molecule has 1 atom stereocenters. The minimum Gasteiger partial charge on any atom is -0.497 e. The van der Waals surface area contributed by atoms with Crippen LogP contribution in [0.4, 0.5) is 0 Å². The van der Waals surface area contributed by atoms with E-state index in [1.807, 2.05) is 18.2 Å². The summed E-state index contributed by atoms with van der Waals surface area (Å²) in [4.78, 5) is 0. The second kappa shape index (κ2) is 6.19. The van der Waals surface area contributed by atoms with Gasteiger partial charge in [0.1, 0.15) is 11.5 Å². The van der Waals surface area contributed by atoms with Crippen LogP contribution in [0.3, 0.4) is 0 Å². The van der Waals surface area contributed by atoms with Crippen molar-refractivity contribution in [1.82, 2.24) is 5.32 Å². The van der Waals surface area contributed by atoms with Crippen LogP contribution >= 0.6 is 0 Å². The Morgan fingerprint density at radius 1 is 1.10 bits per heavy atom. The predicted molar refractivity (Wildman–Crippen MR) is 84.1 cm³/mol. The van der Waals surface area contributed by atoms with E-state index in [9.17, 15) is 0 Å². The van der Waals surface area contributed by atoms with Crippen LogP contribution in [0.2, 0.25) is 0 Å².